The SMILES string of the molecule is CN1C(=O)CCc2cc(NC(=O)C(C)(C)C)ccc21. The zero-order valence-corrected chi connectivity index (χ0v) is 11.9. The zero-order chi connectivity index (χ0) is 14.2. The van der Waals surface area contributed by atoms with Gasteiger partial charge in [-0.25, -0.2) is 0 Å². The Morgan fingerprint density at radius 1 is 1.26 bits per heavy atom. The van der Waals surface area contributed by atoms with E-state index < -0.39 is 5.41 Å². The number of rotatable bonds is 1. The average Bonchev–Trinajstić information content (AvgIpc) is 2.33. The van der Waals surface area contributed by atoms with Gasteiger partial charge in [0.25, 0.3) is 0 Å². The monoisotopic (exact) mass is 260 g/mol. The van der Waals surface area contributed by atoms with Crippen molar-refractivity contribution in [2.24, 2.45) is 5.41 Å². The van der Waals surface area contributed by atoms with Gasteiger partial charge in [-0.05, 0) is 30.2 Å². The summed E-state index contributed by atoms with van der Waals surface area (Å²) in [5.41, 5.74) is 2.42. The molecule has 0 aromatic heterocycles. The molecule has 1 aromatic carbocycles. The van der Waals surface area contributed by atoms with Gasteiger partial charge in [0.1, 0.15) is 0 Å². The number of nitrogens with zero attached hydrogens (tertiary/aromatic N) is 1. The van der Waals surface area contributed by atoms with Crippen molar-refractivity contribution in [3.05, 3.63) is 23.8 Å². The first-order valence-electron chi connectivity index (χ1n) is 6.50. The van der Waals surface area contributed by atoms with E-state index in [1.807, 2.05) is 39.0 Å². The number of hydrogen-bond donors (Lipinski definition) is 1. The molecular formula is C15H20N2O2. The first-order valence-corrected chi connectivity index (χ1v) is 6.50. The summed E-state index contributed by atoms with van der Waals surface area (Å²) in [6.45, 7) is 5.65. The van der Waals surface area contributed by atoms with Crippen LogP contribution in [0.2, 0.25) is 0 Å². The number of amides is 2. The first kappa shape index (κ1) is 13.6. The van der Waals surface area contributed by atoms with Crippen LogP contribution in [0, 0.1) is 5.41 Å². The van der Waals surface area contributed by atoms with Crippen LogP contribution in [0.3, 0.4) is 0 Å². The van der Waals surface area contributed by atoms with Gasteiger partial charge in [-0.15, -0.1) is 0 Å². The van der Waals surface area contributed by atoms with Crippen LogP contribution in [0.1, 0.15) is 32.8 Å². The lowest BCUT2D eigenvalue weighted by molar-refractivity contribution is -0.123. The maximum Gasteiger partial charge on any atom is 0.229 e. The number of carbonyl (C=O) groups is 2. The van der Waals surface area contributed by atoms with Crippen molar-refractivity contribution >= 4 is 23.2 Å². The minimum Gasteiger partial charge on any atom is -0.326 e. The lowest BCUT2D eigenvalue weighted by Gasteiger charge is -2.26. The normalized spacial score (nSPS) is 15.2. The standard InChI is InChI=1S/C15H20N2O2/c1-15(2,3)14(19)16-11-6-7-12-10(9-11)5-8-13(18)17(12)4/h6-7,9H,5,8H2,1-4H3,(H,16,19). The van der Waals surface area contributed by atoms with Gasteiger partial charge in [0.15, 0.2) is 0 Å². The van der Waals surface area contributed by atoms with Crippen LogP contribution in [0.15, 0.2) is 18.2 Å². The van der Waals surface area contributed by atoms with Crippen molar-refractivity contribution in [2.75, 3.05) is 17.3 Å². The first-order chi connectivity index (χ1) is 8.79. The van der Waals surface area contributed by atoms with Crippen LogP contribution >= 0.6 is 0 Å². The van der Waals surface area contributed by atoms with Gasteiger partial charge < -0.3 is 10.2 Å². The molecule has 1 N–H and O–H groups in total. The largest absolute Gasteiger partial charge is 0.326 e. The molecule has 0 atom stereocenters. The Balaban J connectivity index is 2.23. The van der Waals surface area contributed by atoms with E-state index in [4.69, 9.17) is 0 Å². The highest BCUT2D eigenvalue weighted by molar-refractivity contribution is 5.98. The van der Waals surface area contributed by atoms with Crippen molar-refractivity contribution in [1.29, 1.82) is 0 Å². The lowest BCUT2D eigenvalue weighted by Crippen LogP contribution is -2.31. The van der Waals surface area contributed by atoms with Crippen LogP contribution in [0.4, 0.5) is 11.4 Å². The number of fused-ring (bicyclic) bond motifs is 1. The molecule has 0 bridgehead atoms. The van der Waals surface area contributed by atoms with Gasteiger partial charge in [0.2, 0.25) is 11.8 Å². The summed E-state index contributed by atoms with van der Waals surface area (Å²) in [5.74, 6) is 0.131. The highest BCUT2D eigenvalue weighted by Gasteiger charge is 2.23. The van der Waals surface area contributed by atoms with E-state index in [0.717, 1.165) is 23.4 Å². The number of carbonyl (C=O) groups excluding carboxylic acids is 2. The summed E-state index contributed by atoms with van der Waals surface area (Å²) < 4.78 is 0. The summed E-state index contributed by atoms with van der Waals surface area (Å²) in [4.78, 5) is 25.2. The minimum atomic E-state index is -0.414. The summed E-state index contributed by atoms with van der Waals surface area (Å²) in [6.07, 6.45) is 1.26. The molecule has 1 aliphatic rings. The molecule has 1 heterocycles. The van der Waals surface area contributed by atoms with Gasteiger partial charge in [0, 0.05) is 30.3 Å². The van der Waals surface area contributed by atoms with Gasteiger partial charge >= 0.3 is 0 Å². The molecule has 4 nitrogen and oxygen atoms in total. The molecular weight excluding hydrogens is 240 g/mol. The highest BCUT2D eigenvalue weighted by atomic mass is 16.2. The molecule has 1 aliphatic heterocycles. The molecule has 19 heavy (non-hydrogen) atoms. The van der Waals surface area contributed by atoms with E-state index in [0.29, 0.717) is 6.42 Å². The Bertz CT molecular complexity index is 529. The second-order valence-electron chi connectivity index (χ2n) is 6.00. The predicted octanol–water partition coefficient (Wildman–Crippen LogP) is 2.58. The number of hydrogen-bond acceptors (Lipinski definition) is 2. The second kappa shape index (κ2) is 4.68. The fraction of sp³-hybridized carbons (Fsp3) is 0.467. The number of nitrogens with one attached hydrogen (secondary N) is 1. The Morgan fingerprint density at radius 2 is 1.95 bits per heavy atom. The maximum absolute atomic E-state index is 11.9. The molecule has 0 spiro atoms. The fourth-order valence-electron chi connectivity index (χ4n) is 2.05. The third kappa shape index (κ3) is 2.78. The Kier molecular flexibility index (Phi) is 3.35. The fourth-order valence-corrected chi connectivity index (χ4v) is 2.05. The Labute approximate surface area is 113 Å². The quantitative estimate of drug-likeness (QED) is 0.843. The molecule has 0 saturated heterocycles. The molecule has 0 radical (unpaired) electrons. The summed E-state index contributed by atoms with van der Waals surface area (Å²) >= 11 is 0. The van der Waals surface area contributed by atoms with Crippen LogP contribution in [0.5, 0.6) is 0 Å². The third-order valence-electron chi connectivity index (χ3n) is 3.36. The van der Waals surface area contributed by atoms with Gasteiger partial charge in [0.05, 0.1) is 0 Å². The van der Waals surface area contributed by atoms with Crippen LogP contribution < -0.4 is 10.2 Å². The zero-order valence-electron chi connectivity index (χ0n) is 11.9. The molecule has 2 rings (SSSR count). The van der Waals surface area contributed by atoms with E-state index in [9.17, 15) is 9.59 Å². The highest BCUT2D eigenvalue weighted by Crippen LogP contribution is 2.29. The second-order valence-corrected chi connectivity index (χ2v) is 6.00. The maximum atomic E-state index is 11.9. The molecule has 0 saturated carbocycles. The van der Waals surface area contributed by atoms with E-state index in [1.54, 1.807) is 11.9 Å². The van der Waals surface area contributed by atoms with Crippen LogP contribution in [-0.4, -0.2) is 18.9 Å². The molecule has 0 unspecified atom stereocenters. The molecule has 4 heteroatoms. The van der Waals surface area contributed by atoms with E-state index in [1.165, 1.54) is 0 Å². The predicted molar refractivity (Wildman–Crippen MR) is 76.3 cm³/mol. The van der Waals surface area contributed by atoms with Crippen molar-refractivity contribution in [1.82, 2.24) is 0 Å². The minimum absolute atomic E-state index is 0.00677. The number of benzene rings is 1. The van der Waals surface area contributed by atoms with Crippen molar-refractivity contribution in [2.45, 2.75) is 33.6 Å². The summed E-state index contributed by atoms with van der Waals surface area (Å²) in [5, 5.41) is 2.92. The molecule has 0 aliphatic carbocycles. The lowest BCUT2D eigenvalue weighted by atomic mass is 9.95. The van der Waals surface area contributed by atoms with Gasteiger partial charge in [-0.2, -0.15) is 0 Å². The van der Waals surface area contributed by atoms with Crippen molar-refractivity contribution in [3.8, 4) is 0 Å². The third-order valence-corrected chi connectivity index (χ3v) is 3.36. The smallest absolute Gasteiger partial charge is 0.229 e. The number of aryl methyl sites for hydroxylation is 1. The van der Waals surface area contributed by atoms with E-state index >= 15 is 0 Å². The van der Waals surface area contributed by atoms with Gasteiger partial charge in [-0.3, -0.25) is 9.59 Å². The van der Waals surface area contributed by atoms with E-state index in [-0.39, 0.29) is 11.8 Å². The summed E-state index contributed by atoms with van der Waals surface area (Å²) in [7, 11) is 1.79. The van der Waals surface area contributed by atoms with Crippen molar-refractivity contribution in [3.63, 3.8) is 0 Å². The average molecular weight is 260 g/mol. The van der Waals surface area contributed by atoms with Gasteiger partial charge in [-0.1, -0.05) is 20.8 Å². The van der Waals surface area contributed by atoms with Crippen LogP contribution in [0.25, 0.3) is 0 Å². The van der Waals surface area contributed by atoms with E-state index in [2.05, 4.69) is 5.32 Å². The topological polar surface area (TPSA) is 49.4 Å². The van der Waals surface area contributed by atoms with Crippen LogP contribution in [-0.2, 0) is 16.0 Å². The summed E-state index contributed by atoms with van der Waals surface area (Å²) in [6, 6.07) is 5.70. The molecule has 102 valence electrons. The molecule has 2 amide bonds. The molecule has 0 fully saturated rings. The Hall–Kier alpha value is -1.84. The van der Waals surface area contributed by atoms with Crippen molar-refractivity contribution < 1.29 is 9.59 Å². The number of anilines is 2. The molecule has 1 aromatic rings. The Morgan fingerprint density at radius 3 is 2.58 bits per heavy atom.